The van der Waals surface area contributed by atoms with E-state index in [0.717, 1.165) is 12.0 Å². The van der Waals surface area contributed by atoms with Gasteiger partial charge in [0, 0.05) is 32.7 Å². The van der Waals surface area contributed by atoms with Crippen molar-refractivity contribution >= 4 is 12.0 Å². The van der Waals surface area contributed by atoms with Gasteiger partial charge < -0.3 is 19.3 Å². The van der Waals surface area contributed by atoms with Crippen LogP contribution in [0.15, 0.2) is 48.5 Å². The minimum atomic E-state index is -0.599. The van der Waals surface area contributed by atoms with Crippen LogP contribution in [0.4, 0.5) is 4.79 Å². The van der Waals surface area contributed by atoms with E-state index in [9.17, 15) is 9.59 Å². The average molecular weight is 463 g/mol. The molecule has 2 amide bonds. The summed E-state index contributed by atoms with van der Waals surface area (Å²) in [6, 6.07) is 16.6. The van der Waals surface area contributed by atoms with E-state index in [1.165, 1.54) is 16.7 Å². The quantitative estimate of drug-likeness (QED) is 0.674. The molecule has 0 N–H and O–H groups in total. The first-order chi connectivity index (χ1) is 16.4. The average Bonchev–Trinajstić information content (AvgIpc) is 3.39. The lowest BCUT2D eigenvalue weighted by molar-refractivity contribution is -0.141. The van der Waals surface area contributed by atoms with E-state index in [4.69, 9.17) is 9.47 Å². The molecule has 2 aromatic carbocycles. The maximum atomic E-state index is 14.1. The highest BCUT2D eigenvalue weighted by Crippen LogP contribution is 2.41. The summed E-state index contributed by atoms with van der Waals surface area (Å²) in [6.07, 6.45) is 2.58. The van der Waals surface area contributed by atoms with Crippen LogP contribution < -0.4 is 0 Å². The summed E-state index contributed by atoms with van der Waals surface area (Å²) < 4.78 is 11.6. The molecule has 0 radical (unpaired) electrons. The molecule has 2 aromatic rings. The third-order valence-electron chi connectivity index (χ3n) is 7.69. The normalized spacial score (nSPS) is 24.0. The zero-order chi connectivity index (χ0) is 23.8. The molecule has 6 nitrogen and oxygen atoms in total. The largest absolute Gasteiger partial charge is 0.439 e. The third-order valence-corrected chi connectivity index (χ3v) is 7.69. The molecule has 0 unspecified atom stereocenters. The van der Waals surface area contributed by atoms with Crippen molar-refractivity contribution in [2.75, 3.05) is 39.4 Å². The Morgan fingerprint density at radius 1 is 0.971 bits per heavy atom. The summed E-state index contributed by atoms with van der Waals surface area (Å²) in [6.45, 7) is 7.59. The minimum absolute atomic E-state index is 0.149. The summed E-state index contributed by atoms with van der Waals surface area (Å²) in [4.78, 5) is 30.5. The fraction of sp³-hybridized carbons (Fsp3) is 0.500. The first-order valence-electron chi connectivity index (χ1n) is 12.4. The number of benzene rings is 2. The number of carbonyl (C=O) groups is 2. The monoisotopic (exact) mass is 462 g/mol. The molecule has 3 aliphatic rings. The van der Waals surface area contributed by atoms with E-state index in [2.05, 4.69) is 44.2 Å². The molecule has 1 atom stereocenters. The van der Waals surface area contributed by atoms with E-state index in [-0.39, 0.29) is 12.0 Å². The van der Waals surface area contributed by atoms with E-state index in [1.807, 2.05) is 23.1 Å². The van der Waals surface area contributed by atoms with Crippen molar-refractivity contribution in [1.29, 1.82) is 0 Å². The number of amides is 2. The van der Waals surface area contributed by atoms with Gasteiger partial charge >= 0.3 is 6.09 Å². The molecule has 6 heteroatoms. The fourth-order valence-electron chi connectivity index (χ4n) is 5.90. The number of hydrogen-bond acceptors (Lipinski definition) is 4. The molecule has 3 saturated heterocycles. The number of aryl methyl sites for hydroxylation is 2. The summed E-state index contributed by atoms with van der Waals surface area (Å²) >= 11 is 0. The van der Waals surface area contributed by atoms with Crippen LogP contribution in [0.3, 0.4) is 0 Å². The van der Waals surface area contributed by atoms with Crippen LogP contribution in [0.5, 0.6) is 0 Å². The number of hydrogen-bond donors (Lipinski definition) is 0. The van der Waals surface area contributed by atoms with Gasteiger partial charge in [0.15, 0.2) is 5.60 Å². The zero-order valence-corrected chi connectivity index (χ0v) is 20.2. The second kappa shape index (κ2) is 9.06. The van der Waals surface area contributed by atoms with Crippen LogP contribution in [0, 0.1) is 13.8 Å². The van der Waals surface area contributed by atoms with Crippen LogP contribution in [-0.4, -0.2) is 66.8 Å². The van der Waals surface area contributed by atoms with Gasteiger partial charge in [-0.05, 0) is 44.2 Å². The number of carbonyl (C=O) groups excluding carboxylic acids is 2. The van der Waals surface area contributed by atoms with E-state index in [0.29, 0.717) is 58.7 Å². The van der Waals surface area contributed by atoms with Crippen molar-refractivity contribution in [3.8, 4) is 0 Å². The molecule has 180 valence electrons. The Bertz CT molecular complexity index is 1040. The highest BCUT2D eigenvalue weighted by Gasteiger charge is 2.53. The first kappa shape index (κ1) is 22.9. The summed E-state index contributed by atoms with van der Waals surface area (Å²) in [5.74, 6) is 0.149. The summed E-state index contributed by atoms with van der Waals surface area (Å²) in [7, 11) is 0. The highest BCUT2D eigenvalue weighted by atomic mass is 16.6. The SMILES string of the molecule is Cc1cc(C)cc(C2(C(=O)N3CC[C@@]4(CN(CCc5ccccc5)C(=O)O4)C3)CCOCC2)c1. The van der Waals surface area contributed by atoms with Crippen molar-refractivity contribution in [2.24, 2.45) is 0 Å². The van der Waals surface area contributed by atoms with Gasteiger partial charge in [-0.2, -0.15) is 0 Å². The molecule has 0 aliphatic carbocycles. The molecule has 34 heavy (non-hydrogen) atoms. The van der Waals surface area contributed by atoms with Crippen molar-refractivity contribution in [2.45, 2.75) is 50.5 Å². The lowest BCUT2D eigenvalue weighted by Crippen LogP contribution is -2.50. The molecule has 0 aromatic heterocycles. The van der Waals surface area contributed by atoms with Crippen molar-refractivity contribution in [3.05, 3.63) is 70.8 Å². The van der Waals surface area contributed by atoms with Gasteiger partial charge in [0.2, 0.25) is 5.91 Å². The second-order valence-electron chi connectivity index (χ2n) is 10.3. The molecular formula is C28H34N2O4. The van der Waals surface area contributed by atoms with Crippen LogP contribution in [0.25, 0.3) is 0 Å². The van der Waals surface area contributed by atoms with Crippen molar-refractivity contribution in [3.63, 3.8) is 0 Å². The van der Waals surface area contributed by atoms with Gasteiger partial charge in [-0.15, -0.1) is 0 Å². The fourth-order valence-corrected chi connectivity index (χ4v) is 5.90. The Morgan fingerprint density at radius 3 is 2.38 bits per heavy atom. The summed E-state index contributed by atoms with van der Waals surface area (Å²) in [5.41, 5.74) is 3.46. The lowest BCUT2D eigenvalue weighted by atomic mass is 9.72. The Kier molecular flexibility index (Phi) is 6.11. The number of nitrogens with zero attached hydrogens (tertiary/aromatic N) is 2. The molecule has 0 saturated carbocycles. The number of likely N-dealkylation sites (tertiary alicyclic amines) is 1. The van der Waals surface area contributed by atoms with Crippen molar-refractivity contribution < 1.29 is 19.1 Å². The zero-order valence-electron chi connectivity index (χ0n) is 20.2. The molecule has 0 bridgehead atoms. The Morgan fingerprint density at radius 2 is 1.68 bits per heavy atom. The smallest absolute Gasteiger partial charge is 0.410 e. The Hall–Kier alpha value is -2.86. The van der Waals surface area contributed by atoms with Crippen LogP contribution in [-0.2, 0) is 26.1 Å². The van der Waals surface area contributed by atoms with Crippen LogP contribution >= 0.6 is 0 Å². The molecule has 3 aliphatic heterocycles. The lowest BCUT2D eigenvalue weighted by Gasteiger charge is -2.39. The Balaban J connectivity index is 1.31. The highest BCUT2D eigenvalue weighted by molar-refractivity contribution is 5.89. The minimum Gasteiger partial charge on any atom is -0.439 e. The second-order valence-corrected chi connectivity index (χ2v) is 10.3. The Labute approximate surface area is 201 Å². The van der Waals surface area contributed by atoms with Crippen LogP contribution in [0.2, 0.25) is 0 Å². The van der Waals surface area contributed by atoms with Crippen LogP contribution in [0.1, 0.15) is 41.5 Å². The predicted molar refractivity (Wildman–Crippen MR) is 130 cm³/mol. The van der Waals surface area contributed by atoms with Gasteiger partial charge in [-0.3, -0.25) is 4.79 Å². The number of ether oxygens (including phenoxy) is 2. The third kappa shape index (κ3) is 4.31. The van der Waals surface area contributed by atoms with E-state index in [1.54, 1.807) is 4.90 Å². The standard InChI is InChI=1S/C28H34N2O4/c1-21-16-22(2)18-24(17-21)28(10-14-33-15-11-28)25(31)29-13-9-27(19-29)20-30(26(32)34-27)12-8-23-6-4-3-5-7-23/h3-7,16-18H,8-15,19-20H2,1-2H3/t27-/m0/s1. The van der Waals surface area contributed by atoms with Gasteiger partial charge in [0.05, 0.1) is 18.5 Å². The summed E-state index contributed by atoms with van der Waals surface area (Å²) in [5, 5.41) is 0. The predicted octanol–water partition coefficient (Wildman–Crippen LogP) is 4.02. The molecular weight excluding hydrogens is 428 g/mol. The van der Waals surface area contributed by atoms with E-state index >= 15 is 0 Å². The topological polar surface area (TPSA) is 59.1 Å². The van der Waals surface area contributed by atoms with Gasteiger partial charge in [0.1, 0.15) is 0 Å². The maximum Gasteiger partial charge on any atom is 0.410 e. The first-order valence-corrected chi connectivity index (χ1v) is 12.4. The molecule has 5 rings (SSSR count). The number of rotatable bonds is 5. The molecule has 3 heterocycles. The van der Waals surface area contributed by atoms with E-state index < -0.39 is 11.0 Å². The van der Waals surface area contributed by atoms with Crippen molar-refractivity contribution in [1.82, 2.24) is 9.80 Å². The molecule has 1 spiro atoms. The maximum absolute atomic E-state index is 14.1. The van der Waals surface area contributed by atoms with Gasteiger partial charge in [0.25, 0.3) is 0 Å². The van der Waals surface area contributed by atoms with Gasteiger partial charge in [-0.1, -0.05) is 59.7 Å². The molecule has 3 fully saturated rings. The van der Waals surface area contributed by atoms with Gasteiger partial charge in [-0.25, -0.2) is 4.79 Å².